The molecule has 5 rings (SSSR count). The topological polar surface area (TPSA) is 113 Å². The standard InChI is InChI=1S/C23H19N5O3/c29-23(26-12-16-3-1-2-9-25-16)22-21(18-8-10-24-13-20(18)31-22)27-15-5-6-17-14(11-15)4-7-19(17)28-30/h1-3,5-6,8-11,13,27,30H,4,7,12H2,(H,26,29). The van der Waals surface area contributed by atoms with E-state index >= 15 is 0 Å². The van der Waals surface area contributed by atoms with Crippen molar-refractivity contribution in [2.24, 2.45) is 5.16 Å². The van der Waals surface area contributed by atoms with Gasteiger partial charge in [-0.1, -0.05) is 17.3 Å². The van der Waals surface area contributed by atoms with Gasteiger partial charge in [0.05, 0.1) is 29.8 Å². The van der Waals surface area contributed by atoms with E-state index in [1.807, 2.05) is 36.4 Å². The van der Waals surface area contributed by atoms with Gasteiger partial charge in [0.2, 0.25) is 5.76 Å². The van der Waals surface area contributed by atoms with E-state index in [0.29, 0.717) is 23.4 Å². The van der Waals surface area contributed by atoms with Crippen molar-refractivity contribution in [1.29, 1.82) is 0 Å². The first-order valence-electron chi connectivity index (χ1n) is 9.89. The maximum absolute atomic E-state index is 12.9. The van der Waals surface area contributed by atoms with Crippen LogP contribution < -0.4 is 10.6 Å². The molecule has 154 valence electrons. The Morgan fingerprint density at radius 2 is 2.10 bits per heavy atom. The van der Waals surface area contributed by atoms with Crippen LogP contribution in [0.5, 0.6) is 0 Å². The Kier molecular flexibility index (Phi) is 4.80. The Bertz CT molecular complexity index is 1300. The quantitative estimate of drug-likeness (QED) is 0.336. The molecule has 4 aromatic rings. The summed E-state index contributed by atoms with van der Waals surface area (Å²) >= 11 is 0. The molecule has 0 spiro atoms. The minimum Gasteiger partial charge on any atom is -0.447 e. The highest BCUT2D eigenvalue weighted by Gasteiger charge is 2.23. The van der Waals surface area contributed by atoms with Gasteiger partial charge in [0.1, 0.15) is 0 Å². The second kappa shape index (κ2) is 7.91. The summed E-state index contributed by atoms with van der Waals surface area (Å²) in [5.74, 6) is -0.169. The molecule has 8 heteroatoms. The molecule has 0 radical (unpaired) electrons. The number of aromatic nitrogens is 2. The highest BCUT2D eigenvalue weighted by atomic mass is 16.4. The van der Waals surface area contributed by atoms with Crippen molar-refractivity contribution < 1.29 is 14.4 Å². The van der Waals surface area contributed by atoms with Crippen LogP contribution in [0.15, 0.2) is 70.6 Å². The Morgan fingerprint density at radius 3 is 2.94 bits per heavy atom. The van der Waals surface area contributed by atoms with Gasteiger partial charge in [-0.05, 0) is 48.7 Å². The first-order chi connectivity index (χ1) is 15.2. The van der Waals surface area contributed by atoms with Gasteiger partial charge >= 0.3 is 0 Å². The minimum absolute atomic E-state index is 0.178. The number of benzene rings is 1. The average molecular weight is 413 g/mol. The highest BCUT2D eigenvalue weighted by molar-refractivity contribution is 6.07. The molecule has 0 saturated heterocycles. The largest absolute Gasteiger partial charge is 0.447 e. The monoisotopic (exact) mass is 413 g/mol. The Balaban J connectivity index is 1.46. The molecule has 3 heterocycles. The van der Waals surface area contributed by atoms with Crippen LogP contribution in [0.4, 0.5) is 11.4 Å². The summed E-state index contributed by atoms with van der Waals surface area (Å²) in [4.78, 5) is 21.2. The van der Waals surface area contributed by atoms with E-state index in [1.165, 1.54) is 0 Å². The number of hydrogen-bond acceptors (Lipinski definition) is 7. The van der Waals surface area contributed by atoms with Gasteiger partial charge < -0.3 is 20.3 Å². The number of carbonyl (C=O) groups is 1. The third-order valence-corrected chi connectivity index (χ3v) is 5.29. The summed E-state index contributed by atoms with van der Waals surface area (Å²) in [7, 11) is 0. The van der Waals surface area contributed by atoms with Crippen molar-refractivity contribution >= 4 is 34.0 Å². The van der Waals surface area contributed by atoms with E-state index in [1.54, 1.807) is 24.7 Å². The zero-order chi connectivity index (χ0) is 21.2. The Morgan fingerprint density at radius 1 is 1.16 bits per heavy atom. The second-order valence-electron chi connectivity index (χ2n) is 7.23. The van der Waals surface area contributed by atoms with Crippen molar-refractivity contribution in [3.63, 3.8) is 0 Å². The predicted molar refractivity (Wildman–Crippen MR) is 116 cm³/mol. The van der Waals surface area contributed by atoms with Gasteiger partial charge in [-0.25, -0.2) is 0 Å². The number of amides is 1. The fraction of sp³-hybridized carbons (Fsp3) is 0.130. The van der Waals surface area contributed by atoms with Gasteiger partial charge in [-0.15, -0.1) is 0 Å². The molecule has 0 fully saturated rings. The number of anilines is 2. The number of carbonyl (C=O) groups excluding carboxylic acids is 1. The third kappa shape index (κ3) is 3.59. The van der Waals surface area contributed by atoms with Crippen LogP contribution in [0.1, 0.15) is 33.8 Å². The molecule has 8 nitrogen and oxygen atoms in total. The zero-order valence-corrected chi connectivity index (χ0v) is 16.5. The van der Waals surface area contributed by atoms with Crippen LogP contribution in [0.3, 0.4) is 0 Å². The third-order valence-electron chi connectivity index (χ3n) is 5.29. The zero-order valence-electron chi connectivity index (χ0n) is 16.5. The number of fused-ring (bicyclic) bond motifs is 2. The summed E-state index contributed by atoms with van der Waals surface area (Å²) in [6, 6.07) is 13.2. The molecule has 0 bridgehead atoms. The van der Waals surface area contributed by atoms with Crippen LogP contribution in [0.2, 0.25) is 0 Å². The number of oxime groups is 1. The smallest absolute Gasteiger partial charge is 0.289 e. The molecule has 3 aromatic heterocycles. The molecule has 3 N–H and O–H groups in total. The number of pyridine rings is 2. The molecule has 0 unspecified atom stereocenters. The van der Waals surface area contributed by atoms with Crippen LogP contribution in [0.25, 0.3) is 11.0 Å². The van der Waals surface area contributed by atoms with E-state index in [9.17, 15) is 4.79 Å². The first kappa shape index (κ1) is 18.8. The average Bonchev–Trinajstić information content (AvgIpc) is 3.39. The fourth-order valence-electron chi connectivity index (χ4n) is 3.78. The van der Waals surface area contributed by atoms with Crippen molar-refractivity contribution in [1.82, 2.24) is 15.3 Å². The van der Waals surface area contributed by atoms with E-state index < -0.39 is 0 Å². The van der Waals surface area contributed by atoms with Gasteiger partial charge in [0.15, 0.2) is 5.58 Å². The Hall–Kier alpha value is -4.20. The summed E-state index contributed by atoms with van der Waals surface area (Å²) in [5.41, 5.74) is 5.39. The molecule has 1 aliphatic carbocycles. The molecule has 1 aromatic carbocycles. The lowest BCUT2D eigenvalue weighted by Crippen LogP contribution is -2.23. The molecular weight excluding hydrogens is 394 g/mol. The summed E-state index contributed by atoms with van der Waals surface area (Å²) in [6.45, 7) is 0.288. The van der Waals surface area contributed by atoms with Gasteiger partial charge in [-0.3, -0.25) is 14.8 Å². The summed E-state index contributed by atoms with van der Waals surface area (Å²) in [5, 5.41) is 19.5. The normalized spacial score (nSPS) is 14.0. The van der Waals surface area contributed by atoms with Crippen LogP contribution in [0, 0.1) is 0 Å². The van der Waals surface area contributed by atoms with Gasteiger partial charge in [0.25, 0.3) is 5.91 Å². The van der Waals surface area contributed by atoms with Gasteiger partial charge in [-0.2, -0.15) is 0 Å². The van der Waals surface area contributed by atoms with E-state index in [0.717, 1.165) is 34.3 Å². The molecule has 31 heavy (non-hydrogen) atoms. The number of furan rings is 1. The number of hydrogen-bond donors (Lipinski definition) is 3. The number of aryl methyl sites for hydroxylation is 1. The lowest BCUT2D eigenvalue weighted by Gasteiger charge is -2.10. The number of rotatable bonds is 5. The van der Waals surface area contributed by atoms with Crippen LogP contribution >= 0.6 is 0 Å². The first-order valence-corrected chi connectivity index (χ1v) is 9.89. The number of nitrogens with one attached hydrogen (secondary N) is 2. The van der Waals surface area contributed by atoms with E-state index in [-0.39, 0.29) is 18.2 Å². The molecular formula is C23H19N5O3. The second-order valence-corrected chi connectivity index (χ2v) is 7.23. The van der Waals surface area contributed by atoms with Crippen molar-refractivity contribution in [3.05, 3.63) is 83.6 Å². The van der Waals surface area contributed by atoms with Gasteiger partial charge in [0, 0.05) is 29.0 Å². The number of nitrogens with zero attached hydrogens (tertiary/aromatic N) is 3. The minimum atomic E-state index is -0.347. The highest BCUT2D eigenvalue weighted by Crippen LogP contribution is 2.34. The summed E-state index contributed by atoms with van der Waals surface area (Å²) in [6.07, 6.45) is 6.44. The lowest BCUT2D eigenvalue weighted by molar-refractivity contribution is 0.0926. The molecule has 0 atom stereocenters. The SMILES string of the molecule is O=C(NCc1ccccn1)c1oc2cnccc2c1Nc1ccc2c(c1)CCC2=NO. The van der Waals surface area contributed by atoms with Crippen molar-refractivity contribution in [2.45, 2.75) is 19.4 Å². The molecule has 1 amide bonds. The van der Waals surface area contributed by atoms with Crippen LogP contribution in [-0.4, -0.2) is 26.8 Å². The van der Waals surface area contributed by atoms with Crippen molar-refractivity contribution in [2.75, 3.05) is 5.32 Å². The maximum Gasteiger partial charge on any atom is 0.289 e. The summed E-state index contributed by atoms with van der Waals surface area (Å²) < 4.78 is 5.84. The lowest BCUT2D eigenvalue weighted by atomic mass is 10.1. The molecule has 1 aliphatic rings. The fourth-order valence-corrected chi connectivity index (χ4v) is 3.78. The predicted octanol–water partition coefficient (Wildman–Crippen LogP) is 4.02. The molecule has 0 saturated carbocycles. The van der Waals surface area contributed by atoms with Crippen molar-refractivity contribution in [3.8, 4) is 0 Å². The van der Waals surface area contributed by atoms with E-state index in [4.69, 9.17) is 9.62 Å². The maximum atomic E-state index is 12.9. The molecule has 0 aliphatic heterocycles. The van der Waals surface area contributed by atoms with E-state index in [2.05, 4.69) is 25.8 Å². The Labute approximate surface area is 177 Å². The van der Waals surface area contributed by atoms with Crippen LogP contribution in [-0.2, 0) is 13.0 Å².